The third-order valence-electron chi connectivity index (χ3n) is 5.88. The van der Waals surface area contributed by atoms with Crippen molar-refractivity contribution >= 4 is 62.7 Å². The van der Waals surface area contributed by atoms with Crippen molar-refractivity contribution in [1.29, 1.82) is 0 Å². The molecular formula is C25H29BrCl2N2O2S. The first kappa shape index (κ1) is 26.4. The molecule has 0 radical (unpaired) electrons. The lowest BCUT2D eigenvalue weighted by molar-refractivity contribution is -0.139. The van der Waals surface area contributed by atoms with Crippen molar-refractivity contribution in [2.45, 2.75) is 63.4 Å². The number of carbonyl (C=O) groups excluding carboxylic acids is 2. The van der Waals surface area contributed by atoms with E-state index >= 15 is 0 Å². The highest BCUT2D eigenvalue weighted by atomic mass is 79.9. The van der Waals surface area contributed by atoms with E-state index in [0.29, 0.717) is 10.0 Å². The third kappa shape index (κ3) is 8.20. The molecule has 0 aliphatic heterocycles. The topological polar surface area (TPSA) is 49.4 Å². The number of hydrogen-bond acceptors (Lipinski definition) is 3. The van der Waals surface area contributed by atoms with Crippen molar-refractivity contribution in [3.05, 3.63) is 68.1 Å². The van der Waals surface area contributed by atoms with Crippen molar-refractivity contribution < 1.29 is 9.59 Å². The Morgan fingerprint density at radius 1 is 1.12 bits per heavy atom. The van der Waals surface area contributed by atoms with E-state index in [-0.39, 0.29) is 30.2 Å². The van der Waals surface area contributed by atoms with Crippen LogP contribution < -0.4 is 5.32 Å². The predicted octanol–water partition coefficient (Wildman–Crippen LogP) is 6.86. The lowest BCUT2D eigenvalue weighted by atomic mass is 9.95. The number of carbonyl (C=O) groups is 2. The van der Waals surface area contributed by atoms with E-state index in [9.17, 15) is 9.59 Å². The molecule has 0 heterocycles. The first-order valence-corrected chi connectivity index (χ1v) is 13.9. The van der Waals surface area contributed by atoms with Gasteiger partial charge >= 0.3 is 0 Å². The molecule has 1 aliphatic carbocycles. The molecule has 2 aromatic carbocycles. The van der Waals surface area contributed by atoms with Gasteiger partial charge in [0, 0.05) is 32.9 Å². The van der Waals surface area contributed by atoms with Crippen LogP contribution in [0.4, 0.5) is 0 Å². The summed E-state index contributed by atoms with van der Waals surface area (Å²) in [7, 11) is 0. The van der Waals surface area contributed by atoms with E-state index in [1.54, 1.807) is 24.0 Å². The molecule has 0 aromatic heterocycles. The van der Waals surface area contributed by atoms with E-state index in [2.05, 4.69) is 21.2 Å². The average molecular weight is 572 g/mol. The molecule has 2 aromatic rings. The van der Waals surface area contributed by atoms with Gasteiger partial charge in [0.05, 0.1) is 5.75 Å². The van der Waals surface area contributed by atoms with Crippen LogP contribution >= 0.6 is 50.9 Å². The standard InChI is InChI=1S/C25H29BrCl2N2O2S/c1-17(25(32)29-22-5-3-2-4-6-22)30(14-19-9-12-21(27)13-23(19)28)24(31)16-33-15-18-7-10-20(26)11-8-18/h7-13,17,22H,2-6,14-16H2,1H3,(H,29,32)/t17-/m0/s1. The zero-order valence-electron chi connectivity index (χ0n) is 18.7. The number of benzene rings is 2. The second kappa shape index (κ2) is 13.0. The summed E-state index contributed by atoms with van der Waals surface area (Å²) in [5.74, 6) is 0.798. The normalized spacial score (nSPS) is 15.2. The van der Waals surface area contributed by atoms with Crippen LogP contribution in [-0.4, -0.2) is 34.6 Å². The largest absolute Gasteiger partial charge is 0.352 e. The molecule has 33 heavy (non-hydrogen) atoms. The van der Waals surface area contributed by atoms with E-state index < -0.39 is 6.04 Å². The summed E-state index contributed by atoms with van der Waals surface area (Å²) in [5.41, 5.74) is 1.91. The van der Waals surface area contributed by atoms with Gasteiger partial charge in [0.2, 0.25) is 11.8 Å². The molecule has 2 amide bonds. The van der Waals surface area contributed by atoms with E-state index in [1.165, 1.54) is 18.2 Å². The van der Waals surface area contributed by atoms with Crippen LogP contribution in [0, 0.1) is 0 Å². The second-order valence-corrected chi connectivity index (χ2v) is 11.1. The Morgan fingerprint density at radius 3 is 2.48 bits per heavy atom. The summed E-state index contributed by atoms with van der Waals surface area (Å²) in [6.45, 7) is 2.05. The zero-order chi connectivity index (χ0) is 23.8. The molecule has 0 saturated heterocycles. The number of nitrogens with one attached hydrogen (secondary N) is 1. The van der Waals surface area contributed by atoms with Gasteiger partial charge in [-0.25, -0.2) is 0 Å². The van der Waals surface area contributed by atoms with Crippen molar-refractivity contribution in [3.8, 4) is 0 Å². The van der Waals surface area contributed by atoms with Crippen LogP contribution in [0.5, 0.6) is 0 Å². The number of amides is 2. The van der Waals surface area contributed by atoms with Crippen molar-refractivity contribution in [2.24, 2.45) is 0 Å². The fraction of sp³-hybridized carbons (Fsp3) is 0.440. The molecule has 0 unspecified atom stereocenters. The van der Waals surface area contributed by atoms with Crippen molar-refractivity contribution in [3.63, 3.8) is 0 Å². The van der Waals surface area contributed by atoms with Crippen LogP contribution in [0.3, 0.4) is 0 Å². The molecule has 1 atom stereocenters. The smallest absolute Gasteiger partial charge is 0.242 e. The molecule has 4 nitrogen and oxygen atoms in total. The van der Waals surface area contributed by atoms with Gasteiger partial charge < -0.3 is 10.2 Å². The Hall–Kier alpha value is -1.21. The van der Waals surface area contributed by atoms with Gasteiger partial charge in [-0.15, -0.1) is 11.8 Å². The summed E-state index contributed by atoms with van der Waals surface area (Å²) in [6.07, 6.45) is 5.48. The highest BCUT2D eigenvalue weighted by Crippen LogP contribution is 2.24. The molecule has 1 aliphatic rings. The number of halogens is 3. The Balaban J connectivity index is 1.68. The Kier molecular flexibility index (Phi) is 10.4. The maximum absolute atomic E-state index is 13.3. The SMILES string of the molecule is C[C@@H](C(=O)NC1CCCCC1)N(Cc1ccc(Cl)cc1Cl)C(=O)CSCc1ccc(Br)cc1. The number of hydrogen-bond donors (Lipinski definition) is 1. The minimum absolute atomic E-state index is 0.0885. The highest BCUT2D eigenvalue weighted by molar-refractivity contribution is 9.10. The second-order valence-electron chi connectivity index (χ2n) is 8.40. The van der Waals surface area contributed by atoms with E-state index in [1.807, 2.05) is 30.3 Å². The Labute approximate surface area is 218 Å². The average Bonchev–Trinajstić information content (AvgIpc) is 2.80. The molecule has 3 rings (SSSR count). The Bertz CT molecular complexity index is 952. The lowest BCUT2D eigenvalue weighted by Gasteiger charge is -2.31. The molecule has 8 heteroatoms. The van der Waals surface area contributed by atoms with Gasteiger partial charge in [0.25, 0.3) is 0 Å². The molecule has 1 fully saturated rings. The molecular weight excluding hydrogens is 543 g/mol. The first-order valence-electron chi connectivity index (χ1n) is 11.2. The summed E-state index contributed by atoms with van der Waals surface area (Å²) in [6, 6.07) is 12.9. The van der Waals surface area contributed by atoms with Gasteiger partial charge in [-0.2, -0.15) is 0 Å². The van der Waals surface area contributed by atoms with Crippen LogP contribution in [0.15, 0.2) is 46.9 Å². The number of nitrogens with zero attached hydrogens (tertiary/aromatic N) is 1. The van der Waals surface area contributed by atoms with Crippen LogP contribution in [0.25, 0.3) is 0 Å². The molecule has 0 spiro atoms. The number of rotatable bonds is 9. The fourth-order valence-electron chi connectivity index (χ4n) is 3.90. The summed E-state index contributed by atoms with van der Waals surface area (Å²) < 4.78 is 1.02. The van der Waals surface area contributed by atoms with Gasteiger partial charge in [0.1, 0.15) is 6.04 Å². The van der Waals surface area contributed by atoms with E-state index in [0.717, 1.165) is 47.0 Å². The minimum atomic E-state index is -0.598. The highest BCUT2D eigenvalue weighted by Gasteiger charge is 2.28. The number of thioether (sulfide) groups is 1. The van der Waals surface area contributed by atoms with Crippen LogP contribution in [0.1, 0.15) is 50.2 Å². The first-order chi connectivity index (χ1) is 15.8. The lowest BCUT2D eigenvalue weighted by Crippen LogP contribution is -2.50. The maximum atomic E-state index is 13.3. The van der Waals surface area contributed by atoms with Crippen molar-refractivity contribution in [2.75, 3.05) is 5.75 Å². The molecule has 0 bridgehead atoms. The quantitative estimate of drug-likeness (QED) is 0.358. The molecule has 1 saturated carbocycles. The molecule has 1 N–H and O–H groups in total. The summed E-state index contributed by atoms with van der Waals surface area (Å²) in [4.78, 5) is 27.9. The summed E-state index contributed by atoms with van der Waals surface area (Å²) in [5, 5.41) is 4.18. The van der Waals surface area contributed by atoms with Gasteiger partial charge in [-0.05, 0) is 55.2 Å². The third-order valence-corrected chi connectivity index (χ3v) is 7.99. The maximum Gasteiger partial charge on any atom is 0.242 e. The van der Waals surface area contributed by atoms with Gasteiger partial charge in [0.15, 0.2) is 0 Å². The summed E-state index contributed by atoms with van der Waals surface area (Å²) >= 11 is 17.4. The Morgan fingerprint density at radius 2 is 1.82 bits per heavy atom. The van der Waals surface area contributed by atoms with Gasteiger partial charge in [-0.3, -0.25) is 9.59 Å². The zero-order valence-corrected chi connectivity index (χ0v) is 22.6. The molecule has 178 valence electrons. The monoisotopic (exact) mass is 570 g/mol. The van der Waals surface area contributed by atoms with Crippen LogP contribution in [0.2, 0.25) is 10.0 Å². The van der Waals surface area contributed by atoms with Gasteiger partial charge in [-0.1, -0.05) is 76.6 Å². The predicted molar refractivity (Wildman–Crippen MR) is 142 cm³/mol. The van der Waals surface area contributed by atoms with Crippen molar-refractivity contribution in [1.82, 2.24) is 10.2 Å². The minimum Gasteiger partial charge on any atom is -0.352 e. The fourth-order valence-corrected chi connectivity index (χ4v) is 5.51. The van der Waals surface area contributed by atoms with Crippen LogP contribution in [-0.2, 0) is 21.9 Å². The van der Waals surface area contributed by atoms with E-state index in [4.69, 9.17) is 23.2 Å².